The van der Waals surface area contributed by atoms with E-state index in [9.17, 15) is 0 Å². The van der Waals surface area contributed by atoms with Gasteiger partial charge in [0.1, 0.15) is 0 Å². The lowest BCUT2D eigenvalue weighted by atomic mass is 10.1. The zero-order valence-corrected chi connectivity index (χ0v) is 9.48. The summed E-state index contributed by atoms with van der Waals surface area (Å²) in [6.45, 7) is 3.28. The summed E-state index contributed by atoms with van der Waals surface area (Å²) in [5, 5.41) is 0. The molecule has 0 fully saturated rings. The third-order valence-corrected chi connectivity index (χ3v) is 3.29. The molecular weight excluding hydrogens is 194 g/mol. The van der Waals surface area contributed by atoms with Crippen LogP contribution in [0.5, 0.6) is 0 Å². The Balaban J connectivity index is 2.08. The van der Waals surface area contributed by atoms with Crippen molar-refractivity contribution in [2.75, 3.05) is 11.4 Å². The van der Waals surface area contributed by atoms with Gasteiger partial charge in [-0.1, -0.05) is 36.4 Å². The van der Waals surface area contributed by atoms with Crippen molar-refractivity contribution in [2.24, 2.45) is 0 Å². The zero-order chi connectivity index (χ0) is 11.0. The maximum atomic E-state index is 2.42. The molecule has 0 spiro atoms. The number of hydrogen-bond acceptors (Lipinski definition) is 1. The molecule has 80 valence electrons. The van der Waals surface area contributed by atoms with Gasteiger partial charge >= 0.3 is 0 Å². The van der Waals surface area contributed by atoms with Gasteiger partial charge in [-0.25, -0.2) is 0 Å². The SMILES string of the molecule is Cc1ccccc1N1CCc2ccccc21. The van der Waals surface area contributed by atoms with E-state index in [-0.39, 0.29) is 0 Å². The quantitative estimate of drug-likeness (QED) is 0.692. The summed E-state index contributed by atoms with van der Waals surface area (Å²) in [7, 11) is 0. The highest BCUT2D eigenvalue weighted by Gasteiger charge is 2.20. The molecule has 0 unspecified atom stereocenters. The van der Waals surface area contributed by atoms with Crippen LogP contribution in [0, 0.1) is 6.92 Å². The first-order chi connectivity index (χ1) is 7.86. The summed E-state index contributed by atoms with van der Waals surface area (Å²) < 4.78 is 0. The first-order valence-electron chi connectivity index (χ1n) is 5.77. The van der Waals surface area contributed by atoms with Gasteiger partial charge in [0.25, 0.3) is 0 Å². The number of aryl methyl sites for hydroxylation is 1. The van der Waals surface area contributed by atoms with E-state index in [4.69, 9.17) is 0 Å². The number of rotatable bonds is 1. The smallest absolute Gasteiger partial charge is 0.0444 e. The lowest BCUT2D eigenvalue weighted by molar-refractivity contribution is 0.993. The summed E-state index contributed by atoms with van der Waals surface area (Å²) in [4.78, 5) is 2.42. The average Bonchev–Trinajstić information content (AvgIpc) is 2.74. The van der Waals surface area contributed by atoms with E-state index in [1.807, 2.05) is 0 Å². The fourth-order valence-electron chi connectivity index (χ4n) is 2.45. The lowest BCUT2D eigenvalue weighted by Gasteiger charge is -2.21. The largest absolute Gasteiger partial charge is 0.341 e. The normalized spacial score (nSPS) is 13.9. The predicted octanol–water partition coefficient (Wildman–Crippen LogP) is 3.69. The van der Waals surface area contributed by atoms with Crippen LogP contribution in [0.15, 0.2) is 48.5 Å². The van der Waals surface area contributed by atoms with Crippen molar-refractivity contribution < 1.29 is 0 Å². The summed E-state index contributed by atoms with van der Waals surface area (Å²) in [5.41, 5.74) is 5.52. The van der Waals surface area contributed by atoms with E-state index in [0.717, 1.165) is 13.0 Å². The molecule has 2 aromatic carbocycles. The van der Waals surface area contributed by atoms with E-state index in [2.05, 4.69) is 60.4 Å². The van der Waals surface area contributed by atoms with Crippen LogP contribution < -0.4 is 4.90 Å². The van der Waals surface area contributed by atoms with Gasteiger partial charge in [-0.2, -0.15) is 0 Å². The van der Waals surface area contributed by atoms with E-state index >= 15 is 0 Å². The van der Waals surface area contributed by atoms with Crippen molar-refractivity contribution in [1.29, 1.82) is 0 Å². The molecule has 1 aliphatic rings. The molecule has 0 saturated carbocycles. The van der Waals surface area contributed by atoms with Crippen LogP contribution in [0.3, 0.4) is 0 Å². The van der Waals surface area contributed by atoms with E-state index in [1.54, 1.807) is 0 Å². The number of para-hydroxylation sites is 2. The molecule has 3 rings (SSSR count). The third kappa shape index (κ3) is 1.40. The highest BCUT2D eigenvalue weighted by atomic mass is 15.2. The topological polar surface area (TPSA) is 3.24 Å². The molecule has 0 radical (unpaired) electrons. The monoisotopic (exact) mass is 209 g/mol. The van der Waals surface area contributed by atoms with Gasteiger partial charge in [0.2, 0.25) is 0 Å². The number of benzene rings is 2. The molecule has 1 nitrogen and oxygen atoms in total. The minimum atomic E-state index is 1.10. The van der Waals surface area contributed by atoms with Crippen molar-refractivity contribution in [3.8, 4) is 0 Å². The minimum absolute atomic E-state index is 1.10. The fourth-order valence-corrected chi connectivity index (χ4v) is 2.45. The molecule has 1 heteroatoms. The minimum Gasteiger partial charge on any atom is -0.341 e. The highest BCUT2D eigenvalue weighted by molar-refractivity contribution is 5.71. The van der Waals surface area contributed by atoms with Crippen molar-refractivity contribution in [3.05, 3.63) is 59.7 Å². The van der Waals surface area contributed by atoms with Gasteiger partial charge in [-0.3, -0.25) is 0 Å². The lowest BCUT2D eigenvalue weighted by Crippen LogP contribution is -2.14. The van der Waals surface area contributed by atoms with E-state index in [1.165, 1.54) is 22.5 Å². The van der Waals surface area contributed by atoms with Crippen molar-refractivity contribution >= 4 is 11.4 Å². The Hall–Kier alpha value is -1.76. The van der Waals surface area contributed by atoms with Crippen LogP contribution in [-0.2, 0) is 6.42 Å². The standard InChI is InChI=1S/C15H15N/c1-12-6-2-4-8-14(12)16-11-10-13-7-3-5-9-15(13)16/h2-9H,10-11H2,1H3. The molecule has 0 N–H and O–H groups in total. The predicted molar refractivity (Wildman–Crippen MR) is 68.3 cm³/mol. The second-order valence-electron chi connectivity index (χ2n) is 4.32. The summed E-state index contributed by atoms with van der Waals surface area (Å²) >= 11 is 0. The number of nitrogens with zero attached hydrogens (tertiary/aromatic N) is 1. The summed E-state index contributed by atoms with van der Waals surface area (Å²) in [6.07, 6.45) is 1.16. The van der Waals surface area contributed by atoms with Crippen LogP contribution in [0.1, 0.15) is 11.1 Å². The average molecular weight is 209 g/mol. The Kier molecular flexibility index (Phi) is 2.17. The highest BCUT2D eigenvalue weighted by Crippen LogP contribution is 2.35. The molecule has 0 aliphatic carbocycles. The number of anilines is 2. The molecule has 0 aromatic heterocycles. The van der Waals surface area contributed by atoms with Crippen LogP contribution in [0.4, 0.5) is 11.4 Å². The zero-order valence-electron chi connectivity index (χ0n) is 9.48. The number of fused-ring (bicyclic) bond motifs is 1. The molecular formula is C15H15N. The number of hydrogen-bond donors (Lipinski definition) is 0. The van der Waals surface area contributed by atoms with Crippen LogP contribution in [-0.4, -0.2) is 6.54 Å². The Morgan fingerprint density at radius 1 is 0.875 bits per heavy atom. The maximum absolute atomic E-state index is 2.42. The second-order valence-corrected chi connectivity index (χ2v) is 4.32. The van der Waals surface area contributed by atoms with Crippen molar-refractivity contribution in [2.45, 2.75) is 13.3 Å². The van der Waals surface area contributed by atoms with E-state index < -0.39 is 0 Å². The molecule has 16 heavy (non-hydrogen) atoms. The van der Waals surface area contributed by atoms with E-state index in [0.29, 0.717) is 0 Å². The third-order valence-electron chi connectivity index (χ3n) is 3.29. The first kappa shape index (κ1) is 9.46. The van der Waals surface area contributed by atoms with Gasteiger partial charge in [0.15, 0.2) is 0 Å². The van der Waals surface area contributed by atoms with Gasteiger partial charge in [0.05, 0.1) is 0 Å². The van der Waals surface area contributed by atoms with Crippen molar-refractivity contribution in [3.63, 3.8) is 0 Å². The van der Waals surface area contributed by atoms with Gasteiger partial charge < -0.3 is 4.90 Å². The Morgan fingerprint density at radius 3 is 2.38 bits per heavy atom. The molecule has 0 bridgehead atoms. The molecule has 0 atom stereocenters. The molecule has 2 aromatic rings. The maximum Gasteiger partial charge on any atom is 0.0444 e. The molecule has 1 aliphatic heterocycles. The second kappa shape index (κ2) is 3.67. The Labute approximate surface area is 96.3 Å². The molecule has 0 saturated heterocycles. The van der Waals surface area contributed by atoms with Gasteiger partial charge in [-0.05, 0) is 36.6 Å². The summed E-state index contributed by atoms with van der Waals surface area (Å²) in [6, 6.07) is 17.3. The fraction of sp³-hybridized carbons (Fsp3) is 0.200. The first-order valence-corrected chi connectivity index (χ1v) is 5.77. The van der Waals surface area contributed by atoms with Crippen LogP contribution in [0.25, 0.3) is 0 Å². The van der Waals surface area contributed by atoms with Crippen LogP contribution >= 0.6 is 0 Å². The Bertz CT molecular complexity index is 516. The van der Waals surface area contributed by atoms with Gasteiger partial charge in [-0.15, -0.1) is 0 Å². The van der Waals surface area contributed by atoms with Gasteiger partial charge in [0, 0.05) is 17.9 Å². The molecule has 1 heterocycles. The van der Waals surface area contributed by atoms with Crippen LogP contribution in [0.2, 0.25) is 0 Å². The summed E-state index contributed by atoms with van der Waals surface area (Å²) in [5.74, 6) is 0. The Morgan fingerprint density at radius 2 is 1.56 bits per heavy atom. The van der Waals surface area contributed by atoms with Crippen molar-refractivity contribution in [1.82, 2.24) is 0 Å². The molecule has 0 amide bonds.